The highest BCUT2D eigenvalue weighted by molar-refractivity contribution is 6.13. The molecule has 0 amide bonds. The fourth-order valence-electron chi connectivity index (χ4n) is 8.65. The lowest BCUT2D eigenvalue weighted by molar-refractivity contribution is 0.476. The van der Waals surface area contributed by atoms with Crippen molar-refractivity contribution in [1.29, 1.82) is 0 Å². The van der Waals surface area contributed by atoms with E-state index in [2.05, 4.69) is 163 Å². The van der Waals surface area contributed by atoms with E-state index in [1.165, 1.54) is 77.2 Å². The summed E-state index contributed by atoms with van der Waals surface area (Å²) in [6.07, 6.45) is 0. The van der Waals surface area contributed by atoms with Gasteiger partial charge in [-0.05, 0) is 94.0 Å². The second kappa shape index (κ2) is 9.05. The number of nitrogens with zero attached hydrogens (tertiary/aromatic N) is 2. The van der Waals surface area contributed by atoms with Crippen LogP contribution in [0.4, 0.5) is 0 Å². The molecule has 11 rings (SSSR count). The van der Waals surface area contributed by atoms with Gasteiger partial charge >= 0.3 is 0 Å². The van der Waals surface area contributed by atoms with Crippen LogP contribution in [0.15, 0.2) is 146 Å². The third-order valence-electron chi connectivity index (χ3n) is 10.9. The van der Waals surface area contributed by atoms with Crippen molar-refractivity contribution in [3.05, 3.63) is 157 Å². The normalized spacial score (nSPS) is 14.0. The SMILES string of the molecule is CC1(C)c2cc(-c3cc4c5c(c3)c3ccccc3n5-c3ccccc3O4)ccc2-c2ccc(-n3c4ccccc4c4ccccc43)cc21. The molecule has 0 saturated carbocycles. The number of hydrogen-bond donors (Lipinski definition) is 0. The number of fused-ring (bicyclic) bond motifs is 11. The van der Waals surface area contributed by atoms with Crippen molar-refractivity contribution in [2.24, 2.45) is 0 Å². The Kier molecular flexibility index (Phi) is 4.91. The van der Waals surface area contributed by atoms with E-state index in [1.807, 2.05) is 6.07 Å². The van der Waals surface area contributed by atoms with E-state index in [0.29, 0.717) is 0 Å². The first kappa shape index (κ1) is 26.1. The Morgan fingerprint density at radius 2 is 1.04 bits per heavy atom. The summed E-state index contributed by atoms with van der Waals surface area (Å²) >= 11 is 0. The molecule has 0 fully saturated rings. The minimum atomic E-state index is -0.167. The first-order chi connectivity index (χ1) is 23.6. The largest absolute Gasteiger partial charge is 0.453 e. The monoisotopic (exact) mass is 614 g/mol. The van der Waals surface area contributed by atoms with Crippen molar-refractivity contribution in [2.45, 2.75) is 19.3 Å². The van der Waals surface area contributed by atoms with Crippen molar-refractivity contribution in [3.63, 3.8) is 0 Å². The zero-order chi connectivity index (χ0) is 31.7. The van der Waals surface area contributed by atoms with Crippen LogP contribution < -0.4 is 4.74 Å². The van der Waals surface area contributed by atoms with Gasteiger partial charge in [0, 0.05) is 32.6 Å². The van der Waals surface area contributed by atoms with Crippen LogP contribution in [-0.2, 0) is 5.41 Å². The quantitative estimate of drug-likeness (QED) is 0.190. The molecule has 48 heavy (non-hydrogen) atoms. The third kappa shape index (κ3) is 3.28. The van der Waals surface area contributed by atoms with Gasteiger partial charge in [0.05, 0.1) is 27.8 Å². The molecule has 1 aliphatic heterocycles. The summed E-state index contributed by atoms with van der Waals surface area (Å²) in [5, 5.41) is 5.02. The number of rotatable bonds is 2. The highest BCUT2D eigenvalue weighted by atomic mass is 16.5. The van der Waals surface area contributed by atoms with Crippen molar-refractivity contribution >= 4 is 43.6 Å². The highest BCUT2D eigenvalue weighted by Gasteiger charge is 2.36. The molecule has 3 heteroatoms. The molecular formula is C45H30N2O. The van der Waals surface area contributed by atoms with Gasteiger partial charge in [-0.3, -0.25) is 0 Å². The van der Waals surface area contributed by atoms with E-state index in [0.717, 1.165) is 22.7 Å². The van der Waals surface area contributed by atoms with Crippen LogP contribution in [0, 0.1) is 0 Å². The van der Waals surface area contributed by atoms with Gasteiger partial charge in [-0.25, -0.2) is 0 Å². The molecule has 0 spiro atoms. The van der Waals surface area contributed by atoms with Gasteiger partial charge in [0.1, 0.15) is 0 Å². The number of hydrogen-bond acceptors (Lipinski definition) is 1. The molecule has 3 heterocycles. The summed E-state index contributed by atoms with van der Waals surface area (Å²) in [5.41, 5.74) is 14.6. The molecule has 0 atom stereocenters. The fourth-order valence-corrected chi connectivity index (χ4v) is 8.65. The minimum Gasteiger partial charge on any atom is -0.453 e. The predicted molar refractivity (Wildman–Crippen MR) is 198 cm³/mol. The molecule has 2 aromatic heterocycles. The van der Waals surface area contributed by atoms with Gasteiger partial charge in [0.2, 0.25) is 0 Å². The van der Waals surface area contributed by atoms with Gasteiger partial charge in [-0.15, -0.1) is 0 Å². The van der Waals surface area contributed by atoms with E-state index >= 15 is 0 Å². The predicted octanol–water partition coefficient (Wildman–Crippen LogP) is 12.0. The molecule has 2 aliphatic rings. The Morgan fingerprint density at radius 3 is 1.77 bits per heavy atom. The van der Waals surface area contributed by atoms with Crippen LogP contribution in [0.5, 0.6) is 11.5 Å². The molecule has 0 bridgehead atoms. The van der Waals surface area contributed by atoms with Gasteiger partial charge in [-0.2, -0.15) is 0 Å². The second-order valence-corrected chi connectivity index (χ2v) is 13.8. The highest BCUT2D eigenvalue weighted by Crippen LogP contribution is 2.52. The average molecular weight is 615 g/mol. The zero-order valence-electron chi connectivity index (χ0n) is 26.7. The van der Waals surface area contributed by atoms with Gasteiger partial charge in [-0.1, -0.05) is 98.8 Å². The number of ether oxygens (including phenoxy) is 1. The Morgan fingerprint density at radius 1 is 0.458 bits per heavy atom. The molecular weight excluding hydrogens is 585 g/mol. The topological polar surface area (TPSA) is 19.1 Å². The van der Waals surface area contributed by atoms with Crippen LogP contribution >= 0.6 is 0 Å². The number of para-hydroxylation sites is 5. The molecule has 3 nitrogen and oxygen atoms in total. The maximum Gasteiger partial charge on any atom is 0.152 e. The molecule has 0 unspecified atom stereocenters. The Balaban J connectivity index is 1.07. The van der Waals surface area contributed by atoms with Crippen LogP contribution in [0.3, 0.4) is 0 Å². The van der Waals surface area contributed by atoms with Crippen molar-refractivity contribution in [3.8, 4) is 45.1 Å². The maximum atomic E-state index is 6.61. The molecule has 7 aromatic carbocycles. The minimum absolute atomic E-state index is 0.167. The first-order valence-electron chi connectivity index (χ1n) is 16.7. The van der Waals surface area contributed by atoms with Crippen LogP contribution in [-0.4, -0.2) is 9.13 Å². The fraction of sp³-hybridized carbons (Fsp3) is 0.0667. The molecule has 0 radical (unpaired) electrons. The Labute approximate surface area is 277 Å². The Hall–Kier alpha value is -6.06. The van der Waals surface area contributed by atoms with Gasteiger partial charge < -0.3 is 13.9 Å². The standard InChI is InChI=1S/C45H30N2O/c1-45(2)36-24-27(28-23-35-34-13-5-8-16-40(34)47-41-17-9-10-18-42(41)48-43(25-28)44(35)47)19-21-30(36)31-22-20-29(26-37(31)45)46-38-14-6-3-11-32(38)33-12-4-7-15-39(33)46/h3-26H,1-2H3. The number of benzene rings is 7. The second-order valence-electron chi connectivity index (χ2n) is 13.8. The van der Waals surface area contributed by atoms with E-state index in [-0.39, 0.29) is 5.41 Å². The summed E-state index contributed by atoms with van der Waals surface area (Å²) in [6, 6.07) is 53.2. The van der Waals surface area contributed by atoms with E-state index in [9.17, 15) is 0 Å². The van der Waals surface area contributed by atoms with Crippen LogP contribution in [0.2, 0.25) is 0 Å². The molecule has 0 N–H and O–H groups in total. The third-order valence-corrected chi connectivity index (χ3v) is 10.9. The lowest BCUT2D eigenvalue weighted by atomic mass is 9.81. The first-order valence-corrected chi connectivity index (χ1v) is 16.7. The number of aromatic nitrogens is 2. The lowest BCUT2D eigenvalue weighted by Gasteiger charge is -2.23. The van der Waals surface area contributed by atoms with E-state index < -0.39 is 0 Å². The van der Waals surface area contributed by atoms with Gasteiger partial charge in [0.25, 0.3) is 0 Å². The lowest BCUT2D eigenvalue weighted by Crippen LogP contribution is -2.15. The molecule has 1 aliphatic carbocycles. The molecule has 0 saturated heterocycles. The summed E-state index contributed by atoms with van der Waals surface area (Å²) < 4.78 is 11.4. The van der Waals surface area contributed by atoms with Crippen molar-refractivity contribution in [1.82, 2.24) is 9.13 Å². The summed E-state index contributed by atoms with van der Waals surface area (Å²) in [7, 11) is 0. The summed E-state index contributed by atoms with van der Waals surface area (Å²) in [6.45, 7) is 4.75. The van der Waals surface area contributed by atoms with Crippen LogP contribution in [0.1, 0.15) is 25.0 Å². The summed E-state index contributed by atoms with van der Waals surface area (Å²) in [4.78, 5) is 0. The summed E-state index contributed by atoms with van der Waals surface area (Å²) in [5.74, 6) is 1.78. The zero-order valence-corrected chi connectivity index (χ0v) is 26.7. The molecule has 226 valence electrons. The maximum absolute atomic E-state index is 6.61. The van der Waals surface area contributed by atoms with Crippen molar-refractivity contribution < 1.29 is 4.74 Å². The van der Waals surface area contributed by atoms with E-state index in [4.69, 9.17) is 4.74 Å². The van der Waals surface area contributed by atoms with Gasteiger partial charge in [0.15, 0.2) is 11.5 Å². The molecule has 9 aromatic rings. The Bertz CT molecular complexity index is 2790. The smallest absolute Gasteiger partial charge is 0.152 e. The van der Waals surface area contributed by atoms with Crippen molar-refractivity contribution in [2.75, 3.05) is 0 Å². The van der Waals surface area contributed by atoms with E-state index in [1.54, 1.807) is 0 Å². The average Bonchev–Trinajstić information content (AvgIpc) is 3.72. The van der Waals surface area contributed by atoms with Crippen LogP contribution in [0.25, 0.3) is 77.2 Å².